The Kier molecular flexibility index (Phi) is 6.48. The van der Waals surface area contributed by atoms with Gasteiger partial charge in [0.05, 0.1) is 5.75 Å². The van der Waals surface area contributed by atoms with Crippen molar-refractivity contribution in [1.82, 2.24) is 9.97 Å². The van der Waals surface area contributed by atoms with E-state index in [1.54, 1.807) is 31.2 Å². The van der Waals surface area contributed by atoms with Gasteiger partial charge in [-0.15, -0.1) is 6.58 Å². The van der Waals surface area contributed by atoms with Crippen LogP contribution in [0.1, 0.15) is 11.3 Å². The summed E-state index contributed by atoms with van der Waals surface area (Å²) in [6.07, 6.45) is 2.10. The van der Waals surface area contributed by atoms with E-state index in [1.807, 2.05) is 0 Å². The van der Waals surface area contributed by atoms with Crippen LogP contribution in [-0.4, -0.2) is 21.6 Å². The fraction of sp³-hybridized carbons (Fsp3) is 0.188. The number of aryl methyl sites for hydroxylation is 1. The minimum absolute atomic E-state index is 0.0906. The van der Waals surface area contributed by atoms with E-state index in [0.717, 1.165) is 11.8 Å². The second-order valence-electron chi connectivity index (χ2n) is 4.92. The molecule has 0 aliphatic rings. The van der Waals surface area contributed by atoms with Gasteiger partial charge in [0.1, 0.15) is 0 Å². The largest absolute Gasteiger partial charge is 0.325 e. The highest BCUT2D eigenvalue weighted by atomic mass is 35.5. The first-order valence-electron chi connectivity index (χ1n) is 6.98. The van der Waals surface area contributed by atoms with Gasteiger partial charge in [0.2, 0.25) is 5.91 Å². The quantitative estimate of drug-likeness (QED) is 0.451. The summed E-state index contributed by atoms with van der Waals surface area (Å²) in [6.45, 7) is 5.37. The van der Waals surface area contributed by atoms with Crippen molar-refractivity contribution in [2.24, 2.45) is 0 Å². The smallest absolute Gasteiger partial charge is 0.255 e. The van der Waals surface area contributed by atoms with E-state index < -0.39 is 0 Å². The fourth-order valence-corrected chi connectivity index (χ4v) is 3.23. The van der Waals surface area contributed by atoms with Crippen molar-refractivity contribution in [1.29, 1.82) is 0 Å². The van der Waals surface area contributed by atoms with Crippen LogP contribution < -0.4 is 10.9 Å². The average molecular weight is 384 g/mol. The number of halogens is 2. The lowest BCUT2D eigenvalue weighted by Gasteiger charge is -2.07. The number of aromatic nitrogens is 2. The van der Waals surface area contributed by atoms with Crippen LogP contribution in [0, 0.1) is 6.92 Å². The lowest BCUT2D eigenvalue weighted by Crippen LogP contribution is -2.18. The van der Waals surface area contributed by atoms with Crippen molar-refractivity contribution in [3.05, 3.63) is 62.5 Å². The number of anilines is 1. The molecule has 24 heavy (non-hydrogen) atoms. The molecule has 1 aromatic heterocycles. The van der Waals surface area contributed by atoms with Gasteiger partial charge in [-0.2, -0.15) is 0 Å². The zero-order chi connectivity index (χ0) is 17.7. The average Bonchev–Trinajstić information content (AvgIpc) is 2.48. The van der Waals surface area contributed by atoms with Crippen LogP contribution in [0.25, 0.3) is 0 Å². The molecule has 1 heterocycles. The van der Waals surface area contributed by atoms with Crippen LogP contribution in [0.2, 0.25) is 10.0 Å². The Morgan fingerprint density at radius 1 is 1.38 bits per heavy atom. The third-order valence-corrected chi connectivity index (χ3v) is 4.35. The molecule has 8 heteroatoms. The number of rotatable bonds is 6. The van der Waals surface area contributed by atoms with E-state index in [9.17, 15) is 9.59 Å². The Hall–Kier alpha value is -1.76. The normalized spacial score (nSPS) is 10.5. The maximum atomic E-state index is 12.0. The molecule has 0 unspecified atom stereocenters. The number of hydrogen-bond donors (Lipinski definition) is 2. The fourth-order valence-electron chi connectivity index (χ4n) is 1.99. The van der Waals surface area contributed by atoms with Gasteiger partial charge in [-0.25, -0.2) is 4.98 Å². The van der Waals surface area contributed by atoms with Gasteiger partial charge in [-0.05, 0) is 31.5 Å². The lowest BCUT2D eigenvalue weighted by molar-refractivity contribution is -0.113. The molecule has 0 saturated carbocycles. The standard InChI is InChI=1S/C16H15Cl2N3O2S/c1-3-4-13-9(2)19-16(21-15(13)23)24-8-14(22)20-12-6-10(17)5-11(18)7-12/h3,5-7H,1,4,8H2,2H3,(H,20,22)(H,19,21,23). The lowest BCUT2D eigenvalue weighted by atomic mass is 10.2. The summed E-state index contributed by atoms with van der Waals surface area (Å²) < 4.78 is 0. The van der Waals surface area contributed by atoms with Gasteiger partial charge in [0.15, 0.2) is 5.16 Å². The topological polar surface area (TPSA) is 74.8 Å². The third-order valence-electron chi connectivity index (χ3n) is 3.04. The number of carbonyl (C=O) groups excluding carboxylic acids is 1. The number of allylic oxidation sites excluding steroid dienone is 1. The predicted molar refractivity (Wildman–Crippen MR) is 99.3 cm³/mol. The number of thioether (sulfide) groups is 1. The van der Waals surface area contributed by atoms with Crippen molar-refractivity contribution in [3.63, 3.8) is 0 Å². The molecule has 5 nitrogen and oxygen atoms in total. The first-order chi connectivity index (χ1) is 11.4. The molecule has 0 aliphatic carbocycles. The Balaban J connectivity index is 2.01. The molecule has 0 saturated heterocycles. The summed E-state index contributed by atoms with van der Waals surface area (Å²) >= 11 is 12.9. The van der Waals surface area contributed by atoms with Crippen molar-refractivity contribution < 1.29 is 4.79 Å². The Bertz CT molecular complexity index is 816. The summed E-state index contributed by atoms with van der Waals surface area (Å²) in [6, 6.07) is 4.78. The van der Waals surface area contributed by atoms with E-state index in [2.05, 4.69) is 21.9 Å². The van der Waals surface area contributed by atoms with Gasteiger partial charge in [-0.1, -0.05) is 41.0 Å². The molecule has 2 N–H and O–H groups in total. The minimum Gasteiger partial charge on any atom is -0.325 e. The van der Waals surface area contributed by atoms with Gasteiger partial charge < -0.3 is 10.3 Å². The van der Waals surface area contributed by atoms with E-state index in [0.29, 0.717) is 38.6 Å². The zero-order valence-corrected chi connectivity index (χ0v) is 15.2. The number of aromatic amines is 1. The highest BCUT2D eigenvalue weighted by Gasteiger charge is 2.10. The molecule has 2 aromatic rings. The number of carbonyl (C=O) groups is 1. The number of H-pyrrole nitrogens is 1. The summed E-state index contributed by atoms with van der Waals surface area (Å²) in [5.41, 5.74) is 1.50. The highest BCUT2D eigenvalue weighted by molar-refractivity contribution is 7.99. The zero-order valence-electron chi connectivity index (χ0n) is 12.9. The highest BCUT2D eigenvalue weighted by Crippen LogP contribution is 2.23. The van der Waals surface area contributed by atoms with Gasteiger partial charge in [0, 0.05) is 27.0 Å². The summed E-state index contributed by atoms with van der Waals surface area (Å²) in [5.74, 6) is -0.165. The van der Waals surface area contributed by atoms with Crippen LogP contribution >= 0.6 is 35.0 Å². The first kappa shape index (κ1) is 18.6. The molecule has 0 aliphatic heterocycles. The van der Waals surface area contributed by atoms with Gasteiger partial charge >= 0.3 is 0 Å². The van der Waals surface area contributed by atoms with E-state index in [-0.39, 0.29) is 17.2 Å². The van der Waals surface area contributed by atoms with Gasteiger partial charge in [-0.3, -0.25) is 9.59 Å². The molecule has 126 valence electrons. The van der Waals surface area contributed by atoms with E-state index >= 15 is 0 Å². The monoisotopic (exact) mass is 383 g/mol. The van der Waals surface area contributed by atoms with Crippen molar-refractivity contribution in [3.8, 4) is 0 Å². The van der Waals surface area contributed by atoms with Crippen LogP contribution in [-0.2, 0) is 11.2 Å². The van der Waals surface area contributed by atoms with Crippen LogP contribution in [0.4, 0.5) is 5.69 Å². The van der Waals surface area contributed by atoms with Crippen molar-refractivity contribution in [2.45, 2.75) is 18.5 Å². The maximum absolute atomic E-state index is 12.0. The van der Waals surface area contributed by atoms with Crippen LogP contribution in [0.15, 0.2) is 40.8 Å². The van der Waals surface area contributed by atoms with E-state index in [1.165, 1.54) is 0 Å². The molecular formula is C16H15Cl2N3O2S. The third kappa shape index (κ3) is 5.12. The second-order valence-corrected chi connectivity index (χ2v) is 6.76. The van der Waals surface area contributed by atoms with Gasteiger partial charge in [0.25, 0.3) is 5.56 Å². The summed E-state index contributed by atoms with van der Waals surface area (Å²) in [4.78, 5) is 30.9. The maximum Gasteiger partial charge on any atom is 0.255 e. The Morgan fingerprint density at radius 2 is 2.04 bits per heavy atom. The second kappa shape index (κ2) is 8.37. The molecule has 0 bridgehead atoms. The number of nitrogens with one attached hydrogen (secondary N) is 2. The Labute approximate surface area is 153 Å². The molecule has 0 spiro atoms. The van der Waals surface area contributed by atoms with E-state index in [4.69, 9.17) is 23.2 Å². The molecule has 1 aromatic carbocycles. The Morgan fingerprint density at radius 3 is 2.62 bits per heavy atom. The molecule has 2 rings (SSSR count). The summed E-state index contributed by atoms with van der Waals surface area (Å²) in [7, 11) is 0. The number of hydrogen-bond acceptors (Lipinski definition) is 4. The molecular weight excluding hydrogens is 369 g/mol. The molecule has 1 amide bonds. The van der Waals surface area contributed by atoms with Crippen LogP contribution in [0.3, 0.4) is 0 Å². The number of benzene rings is 1. The van der Waals surface area contributed by atoms with Crippen molar-refractivity contribution in [2.75, 3.05) is 11.1 Å². The van der Waals surface area contributed by atoms with Crippen LogP contribution in [0.5, 0.6) is 0 Å². The number of amides is 1. The molecule has 0 atom stereocenters. The SMILES string of the molecule is C=CCc1c(C)nc(SCC(=O)Nc2cc(Cl)cc(Cl)c2)[nH]c1=O. The number of nitrogens with zero attached hydrogens (tertiary/aromatic N) is 1. The first-order valence-corrected chi connectivity index (χ1v) is 8.72. The minimum atomic E-state index is -0.256. The predicted octanol–water partition coefficient (Wildman–Crippen LogP) is 3.84. The molecule has 0 radical (unpaired) electrons. The van der Waals surface area contributed by atoms with Crippen molar-refractivity contribution >= 4 is 46.6 Å². The summed E-state index contributed by atoms with van der Waals surface area (Å²) in [5, 5.41) is 3.96. The molecule has 0 fully saturated rings.